The second kappa shape index (κ2) is 7.32. The number of fused-ring (bicyclic) bond motifs is 1. The van der Waals surface area contributed by atoms with E-state index >= 15 is 0 Å². The molecule has 0 saturated heterocycles. The smallest absolute Gasteiger partial charge is 0.338 e. The average Bonchev–Trinajstić information content (AvgIpc) is 3.23. The van der Waals surface area contributed by atoms with Crippen molar-refractivity contribution >= 4 is 33.4 Å². The molecule has 2 heterocycles. The van der Waals surface area contributed by atoms with Crippen molar-refractivity contribution in [2.75, 3.05) is 5.32 Å². The minimum atomic E-state index is -2.86. The van der Waals surface area contributed by atoms with Crippen LogP contribution in [0.15, 0.2) is 42.6 Å². The van der Waals surface area contributed by atoms with E-state index in [1.807, 2.05) is 20.2 Å². The first-order valence-electron chi connectivity index (χ1n) is 8.67. The van der Waals surface area contributed by atoms with Crippen LogP contribution in [-0.2, 0) is 7.05 Å². The number of amides is 1. The first-order valence-corrected chi connectivity index (χ1v) is 9.49. The summed E-state index contributed by atoms with van der Waals surface area (Å²) >= 11 is 1.44. The summed E-state index contributed by atoms with van der Waals surface area (Å²) in [5, 5.41) is 3.51. The van der Waals surface area contributed by atoms with Gasteiger partial charge in [0, 0.05) is 16.0 Å². The Morgan fingerprint density at radius 3 is 2.76 bits per heavy atom. The number of rotatable bonds is 4. The summed E-state index contributed by atoms with van der Waals surface area (Å²) in [4.78, 5) is 21.2. The number of H-pyrrole nitrogens is 1. The van der Waals surface area contributed by atoms with Gasteiger partial charge in [-0.2, -0.15) is 5.32 Å². The lowest BCUT2D eigenvalue weighted by molar-refractivity contribution is -0.652. The highest BCUT2D eigenvalue weighted by Gasteiger charge is 2.23. The van der Waals surface area contributed by atoms with Crippen molar-refractivity contribution in [1.82, 2.24) is 9.97 Å². The van der Waals surface area contributed by atoms with Crippen LogP contribution in [0.4, 0.5) is 18.3 Å². The molecule has 4 rings (SSSR count). The highest BCUT2D eigenvalue weighted by molar-refractivity contribution is 7.15. The number of benzene rings is 2. The van der Waals surface area contributed by atoms with Gasteiger partial charge >= 0.3 is 11.0 Å². The zero-order valence-corrected chi connectivity index (χ0v) is 16.3. The van der Waals surface area contributed by atoms with Crippen molar-refractivity contribution in [2.24, 2.45) is 7.05 Å². The number of aromatic nitrogens is 3. The maximum Gasteiger partial charge on any atom is 0.341 e. The molecular formula is C20H16F3N4OS+. The zero-order valence-electron chi connectivity index (χ0n) is 15.5. The Bertz CT molecular complexity index is 1230. The third kappa shape index (κ3) is 3.61. The number of hydrogen-bond donors (Lipinski definition) is 2. The van der Waals surface area contributed by atoms with E-state index in [1.54, 1.807) is 22.8 Å². The van der Waals surface area contributed by atoms with Crippen molar-refractivity contribution in [1.29, 1.82) is 0 Å². The van der Waals surface area contributed by atoms with Gasteiger partial charge in [0.1, 0.15) is 23.4 Å². The largest absolute Gasteiger partial charge is 0.341 e. The number of para-hydroxylation sites is 1. The Hall–Kier alpha value is -3.20. The number of alkyl halides is 2. The number of anilines is 1. The molecule has 5 nitrogen and oxygen atoms in total. The summed E-state index contributed by atoms with van der Waals surface area (Å²) in [6.07, 6.45) is -0.966. The van der Waals surface area contributed by atoms with Crippen LogP contribution < -0.4 is 9.88 Å². The van der Waals surface area contributed by atoms with Gasteiger partial charge in [-0.15, -0.1) is 0 Å². The molecule has 0 radical (unpaired) electrons. The van der Waals surface area contributed by atoms with Gasteiger partial charge in [-0.3, -0.25) is 0 Å². The first kappa shape index (κ1) is 19.1. The Labute approximate surface area is 167 Å². The van der Waals surface area contributed by atoms with Crippen LogP contribution in [0.2, 0.25) is 0 Å². The molecule has 2 N–H and O–H groups in total. The molecule has 148 valence electrons. The molecular weight excluding hydrogens is 401 g/mol. The molecule has 29 heavy (non-hydrogen) atoms. The van der Waals surface area contributed by atoms with E-state index in [2.05, 4.69) is 15.3 Å². The number of hydrogen-bond acceptors (Lipinski definition) is 3. The van der Waals surface area contributed by atoms with E-state index in [9.17, 15) is 18.0 Å². The van der Waals surface area contributed by atoms with E-state index in [1.165, 1.54) is 17.4 Å². The molecule has 0 saturated carbocycles. The van der Waals surface area contributed by atoms with Gasteiger partial charge < -0.3 is 4.98 Å². The summed E-state index contributed by atoms with van der Waals surface area (Å²) in [7, 11) is 1.83. The third-order valence-electron chi connectivity index (χ3n) is 4.44. The summed E-state index contributed by atoms with van der Waals surface area (Å²) in [5.74, 6) is -0.966. The van der Waals surface area contributed by atoms with Gasteiger partial charge in [0.15, 0.2) is 0 Å². The topological polar surface area (TPSA) is 61.7 Å². The van der Waals surface area contributed by atoms with Crippen molar-refractivity contribution in [2.45, 2.75) is 13.3 Å². The molecule has 0 aliphatic rings. The number of carbonyl (C=O) groups is 1. The number of nitrogens with zero attached hydrogens (tertiary/aromatic N) is 2. The predicted octanol–water partition coefficient (Wildman–Crippen LogP) is 4.75. The number of halogens is 3. The molecule has 0 aliphatic carbocycles. The molecule has 9 heteroatoms. The normalized spacial score (nSPS) is 11.4. The summed E-state index contributed by atoms with van der Waals surface area (Å²) in [6.45, 7) is 1.93. The SMILES string of the molecule is Cc1c[n+](C)c(NC(=O)c2cccc3[nH]c(-c4ccc(F)cc4C(F)F)nc23)s1. The Morgan fingerprint density at radius 1 is 1.28 bits per heavy atom. The van der Waals surface area contributed by atoms with E-state index in [-0.39, 0.29) is 17.3 Å². The number of imidazole rings is 1. The lowest BCUT2D eigenvalue weighted by Crippen LogP contribution is -2.30. The maximum absolute atomic E-state index is 13.4. The Morgan fingerprint density at radius 2 is 2.07 bits per heavy atom. The lowest BCUT2D eigenvalue weighted by atomic mass is 10.1. The average molecular weight is 417 g/mol. The molecule has 2 aromatic carbocycles. The van der Waals surface area contributed by atoms with Crippen molar-refractivity contribution in [3.8, 4) is 11.4 Å². The van der Waals surface area contributed by atoms with Crippen LogP contribution in [0, 0.1) is 12.7 Å². The van der Waals surface area contributed by atoms with Crippen molar-refractivity contribution in [3.63, 3.8) is 0 Å². The number of carbonyl (C=O) groups excluding carboxylic acids is 1. The second-order valence-corrected chi connectivity index (χ2v) is 7.77. The second-order valence-electron chi connectivity index (χ2n) is 6.53. The molecule has 4 aromatic rings. The van der Waals surface area contributed by atoms with Crippen molar-refractivity contribution < 1.29 is 22.5 Å². The predicted molar refractivity (Wildman–Crippen MR) is 105 cm³/mol. The van der Waals surface area contributed by atoms with Crippen LogP contribution in [0.3, 0.4) is 0 Å². The van der Waals surface area contributed by atoms with Crippen LogP contribution in [0.25, 0.3) is 22.4 Å². The number of nitrogens with one attached hydrogen (secondary N) is 2. The van der Waals surface area contributed by atoms with Crippen LogP contribution >= 0.6 is 11.3 Å². The Kier molecular flexibility index (Phi) is 4.83. The van der Waals surface area contributed by atoms with Crippen LogP contribution in [0.1, 0.15) is 27.2 Å². The van der Waals surface area contributed by atoms with Crippen molar-refractivity contribution in [3.05, 3.63) is 64.4 Å². The highest BCUT2D eigenvalue weighted by Crippen LogP contribution is 2.32. The highest BCUT2D eigenvalue weighted by atomic mass is 32.1. The summed E-state index contributed by atoms with van der Waals surface area (Å²) in [5.41, 5.74) is 0.793. The van der Waals surface area contributed by atoms with E-state index in [0.29, 0.717) is 21.7 Å². The molecule has 0 bridgehead atoms. The Balaban J connectivity index is 1.77. The van der Waals surface area contributed by atoms with E-state index < -0.39 is 17.8 Å². The van der Waals surface area contributed by atoms with Gasteiger partial charge in [-0.25, -0.2) is 27.5 Å². The fourth-order valence-electron chi connectivity index (χ4n) is 3.13. The van der Waals surface area contributed by atoms with Gasteiger partial charge in [0.25, 0.3) is 6.43 Å². The zero-order chi connectivity index (χ0) is 20.7. The quantitative estimate of drug-likeness (QED) is 0.471. The molecule has 0 aliphatic heterocycles. The molecule has 1 amide bonds. The fourth-order valence-corrected chi connectivity index (χ4v) is 3.99. The van der Waals surface area contributed by atoms with Gasteiger partial charge in [0.05, 0.1) is 18.1 Å². The summed E-state index contributed by atoms with van der Waals surface area (Å²) in [6, 6.07) is 8.13. The molecule has 0 atom stereocenters. The fraction of sp³-hybridized carbons (Fsp3) is 0.150. The van der Waals surface area contributed by atoms with E-state index in [0.717, 1.165) is 17.0 Å². The number of thiazole rings is 1. The molecule has 0 fully saturated rings. The first-order chi connectivity index (χ1) is 13.8. The number of aromatic amines is 1. The van der Waals surface area contributed by atoms with Gasteiger partial charge in [-0.05, 0) is 37.3 Å². The molecule has 0 unspecified atom stereocenters. The monoisotopic (exact) mass is 417 g/mol. The lowest BCUT2D eigenvalue weighted by Gasteiger charge is -2.06. The van der Waals surface area contributed by atoms with Gasteiger partial charge in [-0.1, -0.05) is 17.4 Å². The standard InChI is InChI=1S/C20H15F3N4OS/c1-10-9-27(2)20(29-10)26-19(28)13-4-3-5-15-16(13)25-18(24-15)12-7-6-11(21)8-14(12)17(22)23/h3-9,17H,1-2H3,(H,24,25,28)/p+1. The minimum Gasteiger partial charge on any atom is -0.338 e. The summed E-state index contributed by atoms with van der Waals surface area (Å²) < 4.78 is 42.0. The minimum absolute atomic E-state index is 0.0873. The van der Waals surface area contributed by atoms with Crippen LogP contribution in [-0.4, -0.2) is 15.9 Å². The van der Waals surface area contributed by atoms with Gasteiger partial charge in [0.2, 0.25) is 0 Å². The molecule has 2 aromatic heterocycles. The maximum atomic E-state index is 13.4. The third-order valence-corrected chi connectivity index (χ3v) is 5.45. The van der Waals surface area contributed by atoms with E-state index in [4.69, 9.17) is 0 Å². The number of aryl methyl sites for hydroxylation is 2. The molecule has 0 spiro atoms. The van der Waals surface area contributed by atoms with Crippen LogP contribution in [0.5, 0.6) is 0 Å².